The summed E-state index contributed by atoms with van der Waals surface area (Å²) in [4.78, 5) is 0. The second-order valence-electron chi connectivity index (χ2n) is 14.8. The van der Waals surface area contributed by atoms with Crippen LogP contribution >= 0.6 is 0 Å². The first-order valence-electron chi connectivity index (χ1n) is 22.0. The van der Waals surface area contributed by atoms with Crippen LogP contribution in [0.3, 0.4) is 0 Å². The van der Waals surface area contributed by atoms with Crippen LogP contribution in [0, 0.1) is 0 Å². The van der Waals surface area contributed by atoms with Gasteiger partial charge in [0.05, 0.1) is 13.2 Å². The first kappa shape index (κ1) is 48.3. The zero-order valence-electron chi connectivity index (χ0n) is 33.2. The summed E-state index contributed by atoms with van der Waals surface area (Å²) < 4.78 is 34.1. The van der Waals surface area contributed by atoms with Gasteiger partial charge in [-0.25, -0.2) is 8.37 Å². The molecule has 0 fully saturated rings. The average Bonchev–Trinajstić information content (AvgIpc) is 3.09. The standard InChI is InChI=1S/C44H86O4S/c1-3-5-7-9-11-13-15-17-19-21-23-25-27-29-31-33-35-37-39-41-43-47-49(45,46)48-44-42-40-38-36-34-32-30-28-26-24-22-20-18-16-14-12-10-8-6-4-2/h17-20H,3-16,21-44H2,1-2H3/b19-17-,20-18-. The van der Waals surface area contributed by atoms with Crippen molar-refractivity contribution < 1.29 is 16.8 Å². The summed E-state index contributed by atoms with van der Waals surface area (Å²) in [6.45, 7) is 5.04. The summed E-state index contributed by atoms with van der Waals surface area (Å²) in [7, 11) is -3.84. The van der Waals surface area contributed by atoms with Crippen LogP contribution in [0.5, 0.6) is 0 Å². The summed E-state index contributed by atoms with van der Waals surface area (Å²) in [6, 6.07) is 0. The summed E-state index contributed by atoms with van der Waals surface area (Å²) in [6.07, 6.45) is 55.7. The lowest BCUT2D eigenvalue weighted by atomic mass is 10.1. The second kappa shape index (κ2) is 41.8. The van der Waals surface area contributed by atoms with E-state index in [9.17, 15) is 8.42 Å². The van der Waals surface area contributed by atoms with Crippen molar-refractivity contribution >= 4 is 10.4 Å². The fourth-order valence-electron chi connectivity index (χ4n) is 6.47. The van der Waals surface area contributed by atoms with Gasteiger partial charge in [-0.1, -0.05) is 205 Å². The fourth-order valence-corrected chi connectivity index (χ4v) is 7.18. The Balaban J connectivity index is 3.31. The molecule has 0 aliphatic heterocycles. The maximum absolute atomic E-state index is 12.0. The van der Waals surface area contributed by atoms with Gasteiger partial charge in [0.15, 0.2) is 0 Å². The van der Waals surface area contributed by atoms with Gasteiger partial charge in [0, 0.05) is 0 Å². The zero-order chi connectivity index (χ0) is 35.6. The monoisotopic (exact) mass is 711 g/mol. The fraction of sp³-hybridized carbons (Fsp3) is 0.909. The van der Waals surface area contributed by atoms with Crippen molar-refractivity contribution in [2.75, 3.05) is 13.2 Å². The Morgan fingerprint density at radius 3 is 0.755 bits per heavy atom. The largest absolute Gasteiger partial charge is 0.399 e. The number of hydrogen-bond donors (Lipinski definition) is 0. The molecule has 0 saturated carbocycles. The number of unbranched alkanes of at least 4 members (excludes halogenated alkanes) is 32. The van der Waals surface area contributed by atoms with E-state index in [0.717, 1.165) is 38.5 Å². The number of allylic oxidation sites excluding steroid dienone is 4. The molecule has 0 aromatic heterocycles. The van der Waals surface area contributed by atoms with Gasteiger partial charge in [-0.15, -0.1) is 0 Å². The minimum absolute atomic E-state index is 0.242. The van der Waals surface area contributed by atoms with Crippen LogP contribution in [0.25, 0.3) is 0 Å². The molecule has 0 aromatic rings. The lowest BCUT2D eigenvalue weighted by Gasteiger charge is -2.06. The van der Waals surface area contributed by atoms with E-state index in [0.29, 0.717) is 0 Å². The molecule has 5 heteroatoms. The van der Waals surface area contributed by atoms with E-state index >= 15 is 0 Å². The highest BCUT2D eigenvalue weighted by atomic mass is 32.3. The van der Waals surface area contributed by atoms with Gasteiger partial charge in [0.2, 0.25) is 0 Å². The topological polar surface area (TPSA) is 52.6 Å². The molecule has 0 aliphatic carbocycles. The minimum Gasteiger partial charge on any atom is -0.248 e. The Morgan fingerprint density at radius 2 is 0.510 bits per heavy atom. The van der Waals surface area contributed by atoms with E-state index in [1.54, 1.807) is 0 Å². The summed E-state index contributed by atoms with van der Waals surface area (Å²) >= 11 is 0. The third-order valence-electron chi connectivity index (χ3n) is 9.77. The van der Waals surface area contributed by atoms with Crippen molar-refractivity contribution in [2.24, 2.45) is 0 Å². The molecule has 0 atom stereocenters. The van der Waals surface area contributed by atoms with E-state index < -0.39 is 10.4 Å². The minimum atomic E-state index is -3.84. The number of rotatable bonds is 42. The van der Waals surface area contributed by atoms with Crippen molar-refractivity contribution in [2.45, 2.75) is 245 Å². The van der Waals surface area contributed by atoms with Gasteiger partial charge < -0.3 is 0 Å². The highest BCUT2D eigenvalue weighted by molar-refractivity contribution is 7.81. The first-order valence-corrected chi connectivity index (χ1v) is 23.3. The Labute approximate surface area is 308 Å². The molecule has 0 amide bonds. The molecule has 0 aliphatic rings. The highest BCUT2D eigenvalue weighted by Gasteiger charge is 2.11. The molecule has 0 saturated heterocycles. The quantitative estimate of drug-likeness (QED) is 0.0467. The molecule has 49 heavy (non-hydrogen) atoms. The predicted molar refractivity (Wildman–Crippen MR) is 217 cm³/mol. The van der Waals surface area contributed by atoms with Crippen molar-refractivity contribution in [3.05, 3.63) is 24.3 Å². The Bertz CT molecular complexity index is 718. The molecule has 292 valence electrons. The summed E-state index contributed by atoms with van der Waals surface area (Å²) in [5.74, 6) is 0. The smallest absolute Gasteiger partial charge is 0.248 e. The van der Waals surface area contributed by atoms with Crippen LogP contribution in [0.1, 0.15) is 245 Å². The van der Waals surface area contributed by atoms with Crippen LogP contribution in [0.2, 0.25) is 0 Å². The maximum Gasteiger partial charge on any atom is 0.399 e. The van der Waals surface area contributed by atoms with Gasteiger partial charge in [-0.3, -0.25) is 0 Å². The normalized spacial score (nSPS) is 12.3. The van der Waals surface area contributed by atoms with Crippen molar-refractivity contribution in [1.82, 2.24) is 0 Å². The molecule has 4 nitrogen and oxygen atoms in total. The van der Waals surface area contributed by atoms with Crippen molar-refractivity contribution in [1.29, 1.82) is 0 Å². The van der Waals surface area contributed by atoms with Crippen LogP contribution in [0.15, 0.2) is 24.3 Å². The Morgan fingerprint density at radius 1 is 0.306 bits per heavy atom. The molecule has 0 radical (unpaired) electrons. The van der Waals surface area contributed by atoms with E-state index in [1.807, 2.05) is 0 Å². The van der Waals surface area contributed by atoms with Gasteiger partial charge >= 0.3 is 10.4 Å². The maximum atomic E-state index is 12.0. The average molecular weight is 711 g/mol. The molecule has 0 unspecified atom stereocenters. The van der Waals surface area contributed by atoms with E-state index in [2.05, 4.69) is 38.2 Å². The molecule has 0 rings (SSSR count). The predicted octanol–water partition coefficient (Wildman–Crippen LogP) is 15.5. The zero-order valence-corrected chi connectivity index (χ0v) is 34.0. The molecule has 0 spiro atoms. The second-order valence-corrected chi connectivity index (χ2v) is 16.0. The molecular weight excluding hydrogens is 625 g/mol. The molecular formula is C44H86O4S. The Hall–Kier alpha value is -0.650. The van der Waals surface area contributed by atoms with Gasteiger partial charge in [-0.05, 0) is 64.2 Å². The SMILES string of the molecule is CCCCCCCC/C=C\CCCCCCCCCCCCOS(=O)(=O)OCCCCCCCCCCCC/C=C\CCCCCCCC. The number of hydrogen-bond acceptors (Lipinski definition) is 4. The lowest BCUT2D eigenvalue weighted by molar-refractivity contribution is 0.208. The van der Waals surface area contributed by atoms with Crippen LogP contribution in [-0.2, 0) is 18.8 Å². The third kappa shape index (κ3) is 43.4. The Kier molecular flexibility index (Phi) is 41.2. The summed E-state index contributed by atoms with van der Waals surface area (Å²) in [5.41, 5.74) is 0. The molecule has 0 N–H and O–H groups in total. The van der Waals surface area contributed by atoms with Crippen molar-refractivity contribution in [3.63, 3.8) is 0 Å². The molecule has 0 aromatic carbocycles. The lowest BCUT2D eigenvalue weighted by Crippen LogP contribution is -2.12. The first-order chi connectivity index (χ1) is 24.1. The van der Waals surface area contributed by atoms with Gasteiger partial charge in [-0.2, -0.15) is 8.42 Å². The third-order valence-corrected chi connectivity index (χ3v) is 10.7. The van der Waals surface area contributed by atoms with Crippen molar-refractivity contribution in [3.8, 4) is 0 Å². The van der Waals surface area contributed by atoms with Gasteiger partial charge in [0.1, 0.15) is 0 Å². The van der Waals surface area contributed by atoms with E-state index in [-0.39, 0.29) is 13.2 Å². The van der Waals surface area contributed by atoms with Crippen LogP contribution in [0.4, 0.5) is 0 Å². The van der Waals surface area contributed by atoms with E-state index in [1.165, 1.54) is 193 Å². The molecule has 0 heterocycles. The van der Waals surface area contributed by atoms with Crippen LogP contribution in [-0.4, -0.2) is 21.6 Å². The summed E-state index contributed by atoms with van der Waals surface area (Å²) in [5, 5.41) is 0. The highest BCUT2D eigenvalue weighted by Crippen LogP contribution is 2.15. The van der Waals surface area contributed by atoms with Gasteiger partial charge in [0.25, 0.3) is 0 Å². The molecule has 0 bridgehead atoms. The van der Waals surface area contributed by atoms with E-state index in [4.69, 9.17) is 8.37 Å². The van der Waals surface area contributed by atoms with Crippen LogP contribution < -0.4 is 0 Å².